The number of alkyl halides is 1. The lowest BCUT2D eigenvalue weighted by molar-refractivity contribution is 0.927. The third kappa shape index (κ3) is 2.14. The van der Waals surface area contributed by atoms with Crippen LogP contribution in [0.3, 0.4) is 0 Å². The van der Waals surface area contributed by atoms with Crippen LogP contribution in [-0.4, -0.2) is 12.9 Å². The average molecular weight is 199 g/mol. The van der Waals surface area contributed by atoms with Crippen molar-refractivity contribution < 1.29 is 0 Å². The lowest BCUT2D eigenvalue weighted by Crippen LogP contribution is -2.37. The molecule has 0 aromatic carbocycles. The molecule has 0 amide bonds. The van der Waals surface area contributed by atoms with Gasteiger partial charge in [-0.3, -0.25) is 0 Å². The van der Waals surface area contributed by atoms with Crippen LogP contribution >= 0.6 is 22.7 Å². The Hall–Kier alpha value is 0.797. The molecule has 0 unspecified atom stereocenters. The monoisotopic (exact) mass is 198 g/mol. The van der Waals surface area contributed by atoms with Gasteiger partial charge in [-0.2, -0.15) is 11.1 Å². The molecule has 62 valence electrons. The van der Waals surface area contributed by atoms with E-state index >= 15 is 0 Å². The van der Waals surface area contributed by atoms with Crippen molar-refractivity contribution in [2.45, 2.75) is 38.8 Å². The minimum atomic E-state index is -1.64. The molecule has 0 radical (unpaired) electrons. The van der Waals surface area contributed by atoms with Crippen LogP contribution in [0.1, 0.15) is 27.7 Å². The summed E-state index contributed by atoms with van der Waals surface area (Å²) in [5.74, 6) is 0. The zero-order chi connectivity index (χ0) is 8.36. The maximum absolute atomic E-state index is 6.40. The van der Waals surface area contributed by atoms with Crippen molar-refractivity contribution in [2.75, 3.05) is 5.50 Å². The lowest BCUT2D eigenvalue weighted by atomic mass is 10.5. The number of rotatable bonds is 3. The average Bonchev–Trinajstić information content (AvgIpc) is 1.85. The predicted octanol–water partition coefficient (Wildman–Crippen LogP) is 3.77. The first kappa shape index (κ1) is 10.8. The van der Waals surface area contributed by atoms with E-state index in [1.165, 1.54) is 0 Å². The van der Waals surface area contributed by atoms with Gasteiger partial charge < -0.3 is 0 Å². The van der Waals surface area contributed by atoms with Crippen LogP contribution in [0.5, 0.6) is 0 Å². The van der Waals surface area contributed by atoms with Crippen molar-refractivity contribution in [2.24, 2.45) is 0 Å². The molecule has 0 saturated heterocycles. The number of hydrogen-bond donors (Lipinski definition) is 0. The highest BCUT2D eigenvalue weighted by Gasteiger charge is 2.37. The minimum Gasteiger partial charge on any atom is -0.165 e. The van der Waals surface area contributed by atoms with Gasteiger partial charge in [0, 0.05) is 5.50 Å². The zero-order valence-electron chi connectivity index (χ0n) is 7.12. The van der Waals surface area contributed by atoms with Gasteiger partial charge in [-0.1, -0.05) is 27.7 Å². The Bertz CT molecular complexity index is 93.8. The standard InChI is InChI=1S/C7H16Cl2Si/c1-6(2)10(9,5-8)7(3)4/h6-7H,5H2,1-4H3. The van der Waals surface area contributed by atoms with E-state index < -0.39 is 7.38 Å². The Morgan fingerprint density at radius 2 is 1.40 bits per heavy atom. The molecule has 0 aromatic rings. The van der Waals surface area contributed by atoms with E-state index in [1.807, 2.05) is 0 Å². The third-order valence-electron chi connectivity index (χ3n) is 2.12. The highest BCUT2D eigenvalue weighted by atomic mass is 35.6. The molecule has 0 N–H and O–H groups in total. The van der Waals surface area contributed by atoms with Gasteiger partial charge in [0.25, 0.3) is 0 Å². The molecular weight excluding hydrogens is 183 g/mol. The molecule has 3 heteroatoms. The molecule has 0 rings (SSSR count). The minimum absolute atomic E-state index is 0.576. The van der Waals surface area contributed by atoms with Gasteiger partial charge in [0.1, 0.15) is 0 Å². The van der Waals surface area contributed by atoms with Gasteiger partial charge in [0.15, 0.2) is 7.38 Å². The molecular formula is C7H16Cl2Si. The van der Waals surface area contributed by atoms with E-state index in [0.717, 1.165) is 0 Å². The largest absolute Gasteiger partial charge is 0.176 e. The summed E-state index contributed by atoms with van der Waals surface area (Å²) in [7, 11) is -1.64. The van der Waals surface area contributed by atoms with Crippen LogP contribution in [0.25, 0.3) is 0 Å². The predicted molar refractivity (Wildman–Crippen MR) is 52.5 cm³/mol. The summed E-state index contributed by atoms with van der Waals surface area (Å²) in [5.41, 5.74) is 1.82. The molecule has 0 spiro atoms. The van der Waals surface area contributed by atoms with E-state index in [-0.39, 0.29) is 0 Å². The Kier molecular flexibility index (Phi) is 4.30. The first-order valence-corrected chi connectivity index (χ1v) is 7.60. The lowest BCUT2D eigenvalue weighted by Gasteiger charge is -2.29. The summed E-state index contributed by atoms with van der Waals surface area (Å²) in [6.45, 7) is 8.67. The first-order valence-electron chi connectivity index (χ1n) is 3.70. The van der Waals surface area contributed by atoms with Gasteiger partial charge in [0.05, 0.1) is 0 Å². The Morgan fingerprint density at radius 1 is 1.10 bits per heavy atom. The molecule has 0 saturated carbocycles. The normalized spacial score (nSPS) is 13.2. The first-order chi connectivity index (χ1) is 4.45. The second-order valence-electron chi connectivity index (χ2n) is 3.37. The zero-order valence-corrected chi connectivity index (χ0v) is 9.63. The van der Waals surface area contributed by atoms with E-state index in [4.69, 9.17) is 22.7 Å². The molecule has 0 nitrogen and oxygen atoms in total. The van der Waals surface area contributed by atoms with Gasteiger partial charge in [-0.15, -0.1) is 11.6 Å². The SMILES string of the molecule is CC(C)[Si](Cl)(CCl)C(C)C. The van der Waals surface area contributed by atoms with Crippen LogP contribution in [0.4, 0.5) is 0 Å². The summed E-state index contributed by atoms with van der Waals surface area (Å²) in [6.07, 6.45) is 0. The Labute approximate surface area is 74.6 Å². The topological polar surface area (TPSA) is 0 Å². The molecule has 0 aliphatic carbocycles. The van der Waals surface area contributed by atoms with Crippen LogP contribution in [0, 0.1) is 0 Å². The van der Waals surface area contributed by atoms with E-state index in [0.29, 0.717) is 16.6 Å². The fourth-order valence-electron chi connectivity index (χ4n) is 0.975. The molecule has 0 heterocycles. The van der Waals surface area contributed by atoms with Gasteiger partial charge in [-0.25, -0.2) is 0 Å². The molecule has 0 aromatic heterocycles. The maximum Gasteiger partial charge on any atom is 0.176 e. The molecule has 10 heavy (non-hydrogen) atoms. The van der Waals surface area contributed by atoms with Crippen molar-refractivity contribution in [3.8, 4) is 0 Å². The molecule has 0 bridgehead atoms. The number of hydrogen-bond acceptors (Lipinski definition) is 0. The summed E-state index contributed by atoms with van der Waals surface area (Å²) >= 11 is 12.2. The van der Waals surface area contributed by atoms with Gasteiger partial charge in [0.2, 0.25) is 0 Å². The molecule has 0 atom stereocenters. The highest BCUT2D eigenvalue weighted by molar-refractivity contribution is 7.23. The van der Waals surface area contributed by atoms with Gasteiger partial charge in [-0.05, 0) is 11.1 Å². The van der Waals surface area contributed by atoms with Crippen LogP contribution in [-0.2, 0) is 0 Å². The summed E-state index contributed by atoms with van der Waals surface area (Å²) in [4.78, 5) is 0. The van der Waals surface area contributed by atoms with E-state index in [2.05, 4.69) is 27.7 Å². The van der Waals surface area contributed by atoms with E-state index in [1.54, 1.807) is 0 Å². The highest BCUT2D eigenvalue weighted by Crippen LogP contribution is 2.36. The third-order valence-corrected chi connectivity index (χ3v) is 11.1. The van der Waals surface area contributed by atoms with Gasteiger partial charge >= 0.3 is 0 Å². The molecule has 0 fully saturated rings. The Balaban J connectivity index is 4.23. The summed E-state index contributed by atoms with van der Waals surface area (Å²) in [5, 5.41) is 0. The molecule has 0 aliphatic heterocycles. The fraction of sp³-hybridized carbons (Fsp3) is 1.00. The van der Waals surface area contributed by atoms with Crippen molar-refractivity contribution in [1.29, 1.82) is 0 Å². The van der Waals surface area contributed by atoms with Crippen molar-refractivity contribution in [1.82, 2.24) is 0 Å². The van der Waals surface area contributed by atoms with Crippen molar-refractivity contribution in [3.63, 3.8) is 0 Å². The second kappa shape index (κ2) is 3.98. The quantitative estimate of drug-likeness (QED) is 0.368. The summed E-state index contributed by atoms with van der Waals surface area (Å²) < 4.78 is 0. The van der Waals surface area contributed by atoms with Crippen LogP contribution in [0.2, 0.25) is 11.1 Å². The smallest absolute Gasteiger partial charge is 0.165 e. The fourth-order valence-corrected chi connectivity index (χ4v) is 4.78. The number of halogens is 2. The van der Waals surface area contributed by atoms with Crippen molar-refractivity contribution >= 4 is 30.1 Å². The second-order valence-corrected chi connectivity index (χ2v) is 10.7. The van der Waals surface area contributed by atoms with Crippen LogP contribution in [0.15, 0.2) is 0 Å². The van der Waals surface area contributed by atoms with E-state index in [9.17, 15) is 0 Å². The molecule has 0 aliphatic rings. The van der Waals surface area contributed by atoms with Crippen molar-refractivity contribution in [3.05, 3.63) is 0 Å². The maximum atomic E-state index is 6.40. The Morgan fingerprint density at radius 3 is 1.40 bits per heavy atom. The van der Waals surface area contributed by atoms with Crippen LogP contribution < -0.4 is 0 Å². The summed E-state index contributed by atoms with van der Waals surface area (Å²) in [6, 6.07) is 0.